The zero-order chi connectivity index (χ0) is 14.8. The molecule has 21 heavy (non-hydrogen) atoms. The molecule has 1 aromatic heterocycles. The summed E-state index contributed by atoms with van der Waals surface area (Å²) >= 11 is 0. The summed E-state index contributed by atoms with van der Waals surface area (Å²) in [6, 6.07) is 6.80. The number of amides is 2. The Hall–Kier alpha value is -2.54. The van der Waals surface area contributed by atoms with Gasteiger partial charge in [0.25, 0.3) is 11.8 Å². The van der Waals surface area contributed by atoms with Crippen LogP contribution in [0, 0.1) is 0 Å². The zero-order valence-corrected chi connectivity index (χ0v) is 11.3. The molecule has 2 amide bonds. The van der Waals surface area contributed by atoms with Crippen molar-refractivity contribution in [2.45, 2.75) is 13.0 Å². The van der Waals surface area contributed by atoms with Gasteiger partial charge >= 0.3 is 0 Å². The molecular weight excluding hydrogens is 272 g/mol. The van der Waals surface area contributed by atoms with E-state index in [4.69, 9.17) is 5.11 Å². The molecule has 108 valence electrons. The van der Waals surface area contributed by atoms with Crippen molar-refractivity contribution in [3.8, 4) is 0 Å². The van der Waals surface area contributed by atoms with Crippen LogP contribution in [0.1, 0.15) is 26.4 Å². The van der Waals surface area contributed by atoms with Crippen LogP contribution in [0.5, 0.6) is 0 Å². The molecular formula is C14H14N4O3. The van der Waals surface area contributed by atoms with Crippen molar-refractivity contribution in [2.24, 2.45) is 0 Å². The summed E-state index contributed by atoms with van der Waals surface area (Å²) in [4.78, 5) is 25.5. The number of rotatable bonds is 5. The van der Waals surface area contributed by atoms with Gasteiger partial charge in [-0.3, -0.25) is 19.2 Å². The molecule has 0 unspecified atom stereocenters. The molecule has 3 rings (SSSR count). The molecule has 0 fully saturated rings. The van der Waals surface area contributed by atoms with Crippen LogP contribution in [0.3, 0.4) is 0 Å². The lowest BCUT2D eigenvalue weighted by Gasteiger charge is -2.13. The number of carbonyl (C=O) groups is 2. The van der Waals surface area contributed by atoms with Crippen LogP contribution in [0.15, 0.2) is 30.5 Å². The van der Waals surface area contributed by atoms with Crippen molar-refractivity contribution >= 4 is 11.8 Å². The number of nitrogens with zero attached hydrogens (tertiary/aromatic N) is 4. The van der Waals surface area contributed by atoms with E-state index in [0.717, 1.165) is 0 Å². The van der Waals surface area contributed by atoms with Crippen molar-refractivity contribution in [1.82, 2.24) is 19.9 Å². The highest BCUT2D eigenvalue weighted by Crippen LogP contribution is 2.22. The molecule has 0 aliphatic carbocycles. The highest BCUT2D eigenvalue weighted by molar-refractivity contribution is 6.21. The first kappa shape index (κ1) is 13.4. The third kappa shape index (κ3) is 2.43. The Morgan fingerprint density at radius 3 is 2.33 bits per heavy atom. The van der Waals surface area contributed by atoms with Crippen LogP contribution in [0.25, 0.3) is 0 Å². The van der Waals surface area contributed by atoms with Gasteiger partial charge in [-0.25, -0.2) is 0 Å². The highest BCUT2D eigenvalue weighted by Gasteiger charge is 2.34. The summed E-state index contributed by atoms with van der Waals surface area (Å²) in [7, 11) is 0. The van der Waals surface area contributed by atoms with Gasteiger partial charge < -0.3 is 5.11 Å². The molecule has 0 spiro atoms. The number of imide groups is 1. The summed E-state index contributed by atoms with van der Waals surface area (Å²) in [5, 5.41) is 16.6. The normalized spacial score (nSPS) is 13.9. The van der Waals surface area contributed by atoms with Crippen molar-refractivity contribution in [3.63, 3.8) is 0 Å². The molecule has 2 heterocycles. The highest BCUT2D eigenvalue weighted by atomic mass is 16.3. The smallest absolute Gasteiger partial charge is 0.261 e. The standard InChI is InChI=1S/C14H14N4O3/c19-8-5-10-9-17(16-15-10)6-7-18-13(20)11-3-1-2-4-12(11)14(18)21/h1-4,9,19H,5-8H2. The van der Waals surface area contributed by atoms with Crippen LogP contribution in [-0.2, 0) is 13.0 Å². The lowest BCUT2D eigenvalue weighted by atomic mass is 10.1. The van der Waals surface area contributed by atoms with Crippen molar-refractivity contribution in [1.29, 1.82) is 0 Å². The molecule has 7 nitrogen and oxygen atoms in total. The Kier molecular flexibility index (Phi) is 3.49. The maximum absolute atomic E-state index is 12.2. The minimum absolute atomic E-state index is 0.0110. The second-order valence-electron chi connectivity index (χ2n) is 4.75. The van der Waals surface area contributed by atoms with Crippen LogP contribution >= 0.6 is 0 Å². The molecule has 1 aliphatic heterocycles. The van der Waals surface area contributed by atoms with Crippen LogP contribution in [0.4, 0.5) is 0 Å². The van der Waals surface area contributed by atoms with Gasteiger partial charge in [0, 0.05) is 25.8 Å². The Morgan fingerprint density at radius 1 is 1.05 bits per heavy atom. The molecule has 1 aromatic carbocycles. The molecule has 0 saturated carbocycles. The van der Waals surface area contributed by atoms with Crippen molar-refractivity contribution in [3.05, 3.63) is 47.3 Å². The number of carbonyl (C=O) groups excluding carboxylic acids is 2. The van der Waals surface area contributed by atoms with Crippen LogP contribution in [0.2, 0.25) is 0 Å². The van der Waals surface area contributed by atoms with Gasteiger partial charge in [-0.15, -0.1) is 5.10 Å². The average molecular weight is 286 g/mol. The predicted molar refractivity (Wildman–Crippen MR) is 72.6 cm³/mol. The summed E-state index contributed by atoms with van der Waals surface area (Å²) in [5.41, 5.74) is 1.57. The minimum Gasteiger partial charge on any atom is -0.396 e. The lowest BCUT2D eigenvalue weighted by molar-refractivity contribution is 0.0647. The van der Waals surface area contributed by atoms with E-state index in [1.54, 1.807) is 35.1 Å². The van der Waals surface area contributed by atoms with Crippen molar-refractivity contribution in [2.75, 3.05) is 13.2 Å². The second kappa shape index (κ2) is 5.45. The quantitative estimate of drug-likeness (QED) is 0.788. The fourth-order valence-corrected chi connectivity index (χ4v) is 2.32. The fraction of sp³-hybridized carbons (Fsp3) is 0.286. The molecule has 2 aromatic rings. The van der Waals surface area contributed by atoms with Crippen molar-refractivity contribution < 1.29 is 14.7 Å². The van der Waals surface area contributed by atoms with E-state index >= 15 is 0 Å². The Morgan fingerprint density at radius 2 is 1.71 bits per heavy atom. The second-order valence-corrected chi connectivity index (χ2v) is 4.75. The molecule has 0 atom stereocenters. The minimum atomic E-state index is -0.272. The van der Waals surface area contributed by atoms with E-state index in [1.807, 2.05) is 0 Å². The van der Waals surface area contributed by atoms with Gasteiger partial charge in [0.1, 0.15) is 0 Å². The average Bonchev–Trinajstić information content (AvgIpc) is 3.03. The maximum Gasteiger partial charge on any atom is 0.261 e. The van der Waals surface area contributed by atoms with E-state index in [0.29, 0.717) is 29.8 Å². The predicted octanol–water partition coefficient (Wildman–Crippen LogP) is 0.109. The molecule has 0 radical (unpaired) electrons. The Bertz CT molecular complexity index is 660. The summed E-state index contributed by atoms with van der Waals surface area (Å²) in [6.45, 7) is 0.634. The first-order chi connectivity index (χ1) is 10.2. The SMILES string of the molecule is O=C1c2ccccc2C(=O)N1CCn1cc(CCO)nn1. The summed E-state index contributed by atoms with van der Waals surface area (Å²) < 4.78 is 1.56. The topological polar surface area (TPSA) is 88.3 Å². The largest absolute Gasteiger partial charge is 0.396 e. The summed E-state index contributed by atoms with van der Waals surface area (Å²) in [6.07, 6.45) is 2.14. The van der Waals surface area contributed by atoms with E-state index in [2.05, 4.69) is 10.3 Å². The molecule has 7 heteroatoms. The number of hydrogen-bond donors (Lipinski definition) is 1. The maximum atomic E-state index is 12.2. The van der Waals surface area contributed by atoms with E-state index in [-0.39, 0.29) is 25.0 Å². The fourth-order valence-electron chi connectivity index (χ4n) is 2.32. The number of fused-ring (bicyclic) bond motifs is 1. The molecule has 1 N–H and O–H groups in total. The third-order valence-corrected chi connectivity index (χ3v) is 3.38. The Balaban J connectivity index is 1.69. The zero-order valence-electron chi connectivity index (χ0n) is 11.3. The number of benzene rings is 1. The third-order valence-electron chi connectivity index (χ3n) is 3.38. The van der Waals surface area contributed by atoms with Gasteiger partial charge in [-0.2, -0.15) is 0 Å². The van der Waals surface area contributed by atoms with Gasteiger partial charge in [0.15, 0.2) is 0 Å². The lowest BCUT2D eigenvalue weighted by Crippen LogP contribution is -2.33. The van der Waals surface area contributed by atoms with Gasteiger partial charge in [-0.1, -0.05) is 17.3 Å². The van der Waals surface area contributed by atoms with E-state index < -0.39 is 0 Å². The van der Waals surface area contributed by atoms with E-state index in [1.165, 1.54) is 4.90 Å². The van der Waals surface area contributed by atoms with Crippen LogP contribution < -0.4 is 0 Å². The number of hydrogen-bond acceptors (Lipinski definition) is 5. The molecule has 1 aliphatic rings. The first-order valence-corrected chi connectivity index (χ1v) is 6.66. The molecule has 0 saturated heterocycles. The number of aliphatic hydroxyl groups excluding tert-OH is 1. The van der Waals surface area contributed by atoms with E-state index in [9.17, 15) is 9.59 Å². The van der Waals surface area contributed by atoms with Gasteiger partial charge in [0.2, 0.25) is 0 Å². The number of aromatic nitrogens is 3. The van der Waals surface area contributed by atoms with Crippen LogP contribution in [-0.4, -0.2) is 50.0 Å². The monoisotopic (exact) mass is 286 g/mol. The Labute approximate surface area is 120 Å². The molecule has 0 bridgehead atoms. The number of aliphatic hydroxyl groups is 1. The van der Waals surface area contributed by atoms with Gasteiger partial charge in [0.05, 0.1) is 23.4 Å². The first-order valence-electron chi connectivity index (χ1n) is 6.66. The van der Waals surface area contributed by atoms with Gasteiger partial charge in [-0.05, 0) is 12.1 Å². The summed E-state index contributed by atoms with van der Waals surface area (Å²) in [5.74, 6) is -0.544.